The van der Waals surface area contributed by atoms with E-state index in [4.69, 9.17) is 4.74 Å². The Hall–Kier alpha value is -2.48. The van der Waals surface area contributed by atoms with Crippen LogP contribution in [0.15, 0.2) is 66.7 Å². The molecule has 1 atom stereocenters. The number of ether oxygens (including phenoxy) is 1. The average Bonchev–Trinajstić information content (AvgIpc) is 2.54. The van der Waals surface area contributed by atoms with Gasteiger partial charge in [-0.25, -0.2) is 0 Å². The van der Waals surface area contributed by atoms with Crippen molar-refractivity contribution in [3.8, 4) is 5.75 Å². The predicted octanol–water partition coefficient (Wildman–Crippen LogP) is 5.02. The van der Waals surface area contributed by atoms with Crippen LogP contribution in [0.4, 0.5) is 5.69 Å². The molecule has 0 aliphatic carbocycles. The van der Waals surface area contributed by atoms with E-state index in [0.717, 1.165) is 11.4 Å². The van der Waals surface area contributed by atoms with Gasteiger partial charge in [-0.1, -0.05) is 42.5 Å². The van der Waals surface area contributed by atoms with Crippen LogP contribution in [-0.2, 0) is 0 Å². The van der Waals surface area contributed by atoms with Gasteiger partial charge in [0.15, 0.2) is 0 Å². The summed E-state index contributed by atoms with van der Waals surface area (Å²) in [5.74, 6) is 0.889. The SMILES string of the molecule is COc1cccc([C@H](C)Nc2ccc3ccccc3c2)c1. The van der Waals surface area contributed by atoms with Gasteiger partial charge in [-0.3, -0.25) is 0 Å². The highest BCUT2D eigenvalue weighted by atomic mass is 16.5. The van der Waals surface area contributed by atoms with Crippen LogP contribution in [0.2, 0.25) is 0 Å². The maximum atomic E-state index is 5.29. The first kappa shape index (κ1) is 13.5. The molecular weight excluding hydrogens is 258 g/mol. The highest BCUT2D eigenvalue weighted by Gasteiger charge is 2.06. The number of hydrogen-bond acceptors (Lipinski definition) is 2. The highest BCUT2D eigenvalue weighted by molar-refractivity contribution is 5.85. The van der Waals surface area contributed by atoms with Crippen LogP contribution in [-0.4, -0.2) is 7.11 Å². The maximum absolute atomic E-state index is 5.29. The largest absolute Gasteiger partial charge is 0.497 e. The Balaban J connectivity index is 1.83. The van der Waals surface area contributed by atoms with Crippen LogP contribution in [0.1, 0.15) is 18.5 Å². The Kier molecular flexibility index (Phi) is 3.78. The minimum absolute atomic E-state index is 0.223. The fraction of sp³-hybridized carbons (Fsp3) is 0.158. The molecule has 0 bridgehead atoms. The second-order valence-electron chi connectivity index (χ2n) is 5.20. The maximum Gasteiger partial charge on any atom is 0.119 e. The number of rotatable bonds is 4. The van der Waals surface area contributed by atoms with Crippen molar-refractivity contribution < 1.29 is 4.74 Å². The Labute approximate surface area is 125 Å². The summed E-state index contributed by atoms with van der Waals surface area (Å²) in [7, 11) is 1.69. The smallest absolute Gasteiger partial charge is 0.119 e. The second kappa shape index (κ2) is 5.88. The molecule has 0 radical (unpaired) electrons. The fourth-order valence-corrected chi connectivity index (χ4v) is 2.52. The number of nitrogens with one attached hydrogen (secondary N) is 1. The lowest BCUT2D eigenvalue weighted by Crippen LogP contribution is -2.06. The van der Waals surface area contributed by atoms with E-state index in [-0.39, 0.29) is 6.04 Å². The van der Waals surface area contributed by atoms with Crippen molar-refractivity contribution in [2.45, 2.75) is 13.0 Å². The zero-order valence-corrected chi connectivity index (χ0v) is 12.3. The molecule has 0 unspecified atom stereocenters. The van der Waals surface area contributed by atoms with Gasteiger partial charge >= 0.3 is 0 Å². The van der Waals surface area contributed by atoms with Crippen LogP contribution >= 0.6 is 0 Å². The lowest BCUT2D eigenvalue weighted by molar-refractivity contribution is 0.414. The van der Waals surface area contributed by atoms with E-state index in [1.54, 1.807) is 7.11 Å². The van der Waals surface area contributed by atoms with Crippen LogP contribution in [0, 0.1) is 0 Å². The third-order valence-electron chi connectivity index (χ3n) is 3.73. The summed E-state index contributed by atoms with van der Waals surface area (Å²) in [5, 5.41) is 6.06. The summed E-state index contributed by atoms with van der Waals surface area (Å²) in [5.41, 5.74) is 2.34. The lowest BCUT2D eigenvalue weighted by Gasteiger charge is -2.17. The zero-order chi connectivity index (χ0) is 14.7. The van der Waals surface area contributed by atoms with Gasteiger partial charge < -0.3 is 10.1 Å². The predicted molar refractivity (Wildman–Crippen MR) is 89.0 cm³/mol. The van der Waals surface area contributed by atoms with Crippen molar-refractivity contribution >= 4 is 16.5 Å². The number of hydrogen-bond donors (Lipinski definition) is 1. The molecule has 0 amide bonds. The van der Waals surface area contributed by atoms with Crippen molar-refractivity contribution in [1.29, 1.82) is 0 Å². The van der Waals surface area contributed by atoms with Gasteiger partial charge in [0.1, 0.15) is 5.75 Å². The Morgan fingerprint density at radius 2 is 1.67 bits per heavy atom. The Morgan fingerprint density at radius 1 is 0.857 bits per heavy atom. The van der Waals surface area contributed by atoms with Crippen LogP contribution in [0.3, 0.4) is 0 Å². The van der Waals surface area contributed by atoms with Crippen molar-refractivity contribution in [2.24, 2.45) is 0 Å². The molecule has 0 heterocycles. The molecule has 0 aliphatic heterocycles. The molecule has 0 aliphatic rings. The quantitative estimate of drug-likeness (QED) is 0.723. The summed E-state index contributed by atoms with van der Waals surface area (Å²) < 4.78 is 5.29. The van der Waals surface area contributed by atoms with Gasteiger partial charge in [0.05, 0.1) is 7.11 Å². The van der Waals surface area contributed by atoms with Crippen LogP contribution in [0.5, 0.6) is 5.75 Å². The number of methoxy groups -OCH3 is 1. The first-order chi connectivity index (χ1) is 10.3. The van der Waals surface area contributed by atoms with E-state index in [1.807, 2.05) is 12.1 Å². The van der Waals surface area contributed by atoms with Crippen LogP contribution in [0.25, 0.3) is 10.8 Å². The van der Waals surface area contributed by atoms with Gasteiger partial charge in [-0.05, 0) is 47.5 Å². The van der Waals surface area contributed by atoms with Crippen molar-refractivity contribution in [2.75, 3.05) is 12.4 Å². The average molecular weight is 277 g/mol. The summed E-state index contributed by atoms with van der Waals surface area (Å²) in [6.45, 7) is 2.16. The van der Waals surface area contributed by atoms with Gasteiger partial charge in [-0.15, -0.1) is 0 Å². The molecule has 2 heteroatoms. The van der Waals surface area contributed by atoms with Gasteiger partial charge in [-0.2, -0.15) is 0 Å². The molecule has 0 fully saturated rings. The second-order valence-corrected chi connectivity index (χ2v) is 5.20. The first-order valence-corrected chi connectivity index (χ1v) is 7.15. The number of anilines is 1. The van der Waals surface area contributed by atoms with E-state index in [9.17, 15) is 0 Å². The molecule has 0 saturated carbocycles. The molecular formula is C19H19NO. The number of fused-ring (bicyclic) bond motifs is 1. The van der Waals surface area contributed by atoms with Gasteiger partial charge in [0.25, 0.3) is 0 Å². The third kappa shape index (κ3) is 3.00. The molecule has 106 valence electrons. The van der Waals surface area contributed by atoms with Gasteiger partial charge in [0, 0.05) is 11.7 Å². The Bertz CT molecular complexity index is 751. The van der Waals surface area contributed by atoms with E-state index >= 15 is 0 Å². The van der Waals surface area contributed by atoms with Gasteiger partial charge in [0.2, 0.25) is 0 Å². The monoisotopic (exact) mass is 277 g/mol. The summed E-state index contributed by atoms with van der Waals surface area (Å²) in [6, 6.07) is 23.2. The van der Waals surface area contributed by atoms with E-state index in [1.165, 1.54) is 16.3 Å². The standard InChI is InChI=1S/C19H19NO/c1-14(16-8-5-9-19(13-16)21-2)20-18-11-10-15-6-3-4-7-17(15)12-18/h3-14,20H,1-2H3/t14-/m0/s1. The van der Waals surface area contributed by atoms with E-state index in [0.29, 0.717) is 0 Å². The fourth-order valence-electron chi connectivity index (χ4n) is 2.52. The molecule has 0 spiro atoms. The molecule has 0 aromatic heterocycles. The normalized spacial score (nSPS) is 12.1. The van der Waals surface area contributed by atoms with Crippen molar-refractivity contribution in [3.05, 3.63) is 72.3 Å². The molecule has 0 saturated heterocycles. The third-order valence-corrected chi connectivity index (χ3v) is 3.73. The van der Waals surface area contributed by atoms with Crippen molar-refractivity contribution in [1.82, 2.24) is 0 Å². The van der Waals surface area contributed by atoms with E-state index in [2.05, 4.69) is 66.8 Å². The molecule has 21 heavy (non-hydrogen) atoms. The summed E-state index contributed by atoms with van der Waals surface area (Å²) in [4.78, 5) is 0. The molecule has 3 rings (SSSR count). The molecule has 2 nitrogen and oxygen atoms in total. The molecule has 1 N–H and O–H groups in total. The molecule has 3 aromatic rings. The first-order valence-electron chi connectivity index (χ1n) is 7.15. The Morgan fingerprint density at radius 3 is 2.48 bits per heavy atom. The minimum atomic E-state index is 0.223. The summed E-state index contributed by atoms with van der Waals surface area (Å²) >= 11 is 0. The summed E-state index contributed by atoms with van der Waals surface area (Å²) in [6.07, 6.45) is 0. The highest BCUT2D eigenvalue weighted by Crippen LogP contribution is 2.25. The van der Waals surface area contributed by atoms with Crippen LogP contribution < -0.4 is 10.1 Å². The molecule has 3 aromatic carbocycles. The lowest BCUT2D eigenvalue weighted by atomic mass is 10.1. The zero-order valence-electron chi connectivity index (χ0n) is 12.3. The minimum Gasteiger partial charge on any atom is -0.497 e. The number of benzene rings is 3. The van der Waals surface area contributed by atoms with Crippen molar-refractivity contribution in [3.63, 3.8) is 0 Å². The van der Waals surface area contributed by atoms with E-state index < -0.39 is 0 Å². The topological polar surface area (TPSA) is 21.3 Å².